The van der Waals surface area contributed by atoms with Gasteiger partial charge >= 0.3 is 0 Å². The lowest BCUT2D eigenvalue weighted by Gasteiger charge is -2.31. The maximum absolute atomic E-state index is 12.6. The average Bonchev–Trinajstić information content (AvgIpc) is 3.10. The number of aliphatic hydroxyl groups is 1. The molecule has 150 valence electrons. The van der Waals surface area contributed by atoms with Gasteiger partial charge in [0.05, 0.1) is 11.7 Å². The third-order valence-corrected chi connectivity index (χ3v) is 5.88. The van der Waals surface area contributed by atoms with E-state index in [1.165, 1.54) is 7.05 Å². The Morgan fingerprint density at radius 3 is 2.50 bits per heavy atom. The molecule has 4 atom stereocenters. The third-order valence-electron chi connectivity index (χ3n) is 5.88. The zero-order valence-electron chi connectivity index (χ0n) is 16.6. The van der Waals surface area contributed by atoms with Crippen molar-refractivity contribution in [2.75, 3.05) is 7.05 Å². The van der Waals surface area contributed by atoms with Crippen LogP contribution in [-0.2, 0) is 0 Å². The van der Waals surface area contributed by atoms with Gasteiger partial charge in [-0.05, 0) is 36.7 Å². The second kappa shape index (κ2) is 8.19. The van der Waals surface area contributed by atoms with Gasteiger partial charge < -0.3 is 20.6 Å². The van der Waals surface area contributed by atoms with Crippen molar-refractivity contribution < 1.29 is 19.1 Å². The van der Waals surface area contributed by atoms with Gasteiger partial charge in [-0.25, -0.2) is 0 Å². The van der Waals surface area contributed by atoms with E-state index in [0.29, 0.717) is 36.1 Å². The fourth-order valence-electron chi connectivity index (χ4n) is 4.23. The van der Waals surface area contributed by atoms with E-state index in [0.717, 1.165) is 5.56 Å². The van der Waals surface area contributed by atoms with E-state index in [2.05, 4.69) is 5.32 Å². The first-order chi connectivity index (χ1) is 13.3. The van der Waals surface area contributed by atoms with Crippen LogP contribution < -0.4 is 11.1 Å². The number of benzene rings is 1. The number of primary amides is 1. The van der Waals surface area contributed by atoms with Crippen molar-refractivity contribution in [1.29, 1.82) is 0 Å². The van der Waals surface area contributed by atoms with Gasteiger partial charge in [0.1, 0.15) is 5.76 Å². The van der Waals surface area contributed by atoms with Crippen molar-refractivity contribution in [3.8, 4) is 0 Å². The molecule has 6 heteroatoms. The first-order valence-corrected chi connectivity index (χ1v) is 9.76. The van der Waals surface area contributed by atoms with Crippen LogP contribution in [0.3, 0.4) is 0 Å². The van der Waals surface area contributed by atoms with Crippen molar-refractivity contribution in [2.45, 2.75) is 51.0 Å². The molecule has 0 unspecified atom stereocenters. The molecule has 1 heterocycles. The summed E-state index contributed by atoms with van der Waals surface area (Å²) in [7, 11) is 1.53. The third kappa shape index (κ3) is 3.69. The number of rotatable bonds is 5. The minimum absolute atomic E-state index is 0.0614. The second-order valence-corrected chi connectivity index (χ2v) is 7.71. The number of hydrogen-bond acceptors (Lipinski definition) is 4. The van der Waals surface area contributed by atoms with Gasteiger partial charge in [0.15, 0.2) is 5.76 Å². The molecule has 0 bridgehead atoms. The van der Waals surface area contributed by atoms with Crippen LogP contribution in [0.25, 0.3) is 0 Å². The summed E-state index contributed by atoms with van der Waals surface area (Å²) >= 11 is 0. The highest BCUT2D eigenvalue weighted by atomic mass is 16.4. The van der Waals surface area contributed by atoms with E-state index in [-0.39, 0.29) is 35.5 Å². The van der Waals surface area contributed by atoms with E-state index >= 15 is 0 Å². The monoisotopic (exact) mass is 384 g/mol. The minimum atomic E-state index is -0.592. The summed E-state index contributed by atoms with van der Waals surface area (Å²) in [5.74, 6) is -0.606. The standard InChI is InChI=1S/C22H28N2O4/c1-12-11-15(9-10-16(12)25)17-18(21(23)26)19(28-20(17)22(27)24-3)13(2)14-7-5-4-6-8-14/h4-8,12-13,15-16,25H,9-11H2,1-3H3,(H2,23,26)(H,24,27)/t12-,13-,15+,16-/m1/s1. The Balaban J connectivity index is 2.15. The van der Waals surface area contributed by atoms with Crippen LogP contribution in [0, 0.1) is 5.92 Å². The topological polar surface area (TPSA) is 106 Å². The van der Waals surface area contributed by atoms with Crippen molar-refractivity contribution in [3.63, 3.8) is 0 Å². The predicted molar refractivity (Wildman–Crippen MR) is 106 cm³/mol. The lowest BCUT2D eigenvalue weighted by Crippen LogP contribution is -2.29. The lowest BCUT2D eigenvalue weighted by atomic mass is 9.75. The molecule has 28 heavy (non-hydrogen) atoms. The Kier molecular flexibility index (Phi) is 5.89. The second-order valence-electron chi connectivity index (χ2n) is 7.71. The summed E-state index contributed by atoms with van der Waals surface area (Å²) in [6.07, 6.45) is 1.59. The SMILES string of the molecule is CNC(=O)c1oc([C@H](C)c2ccccc2)c(C(N)=O)c1[C@H]1CC[C@@H](O)[C@H](C)C1. The molecular weight excluding hydrogens is 356 g/mol. The Hall–Kier alpha value is -2.60. The van der Waals surface area contributed by atoms with E-state index < -0.39 is 5.91 Å². The van der Waals surface area contributed by atoms with Gasteiger partial charge in [-0.2, -0.15) is 0 Å². The van der Waals surface area contributed by atoms with Crippen molar-refractivity contribution in [1.82, 2.24) is 5.32 Å². The van der Waals surface area contributed by atoms with Crippen LogP contribution in [0.15, 0.2) is 34.7 Å². The van der Waals surface area contributed by atoms with Crippen LogP contribution in [0.4, 0.5) is 0 Å². The van der Waals surface area contributed by atoms with Crippen LogP contribution in [-0.4, -0.2) is 30.1 Å². The maximum Gasteiger partial charge on any atom is 0.287 e. The van der Waals surface area contributed by atoms with Gasteiger partial charge in [-0.3, -0.25) is 9.59 Å². The van der Waals surface area contributed by atoms with E-state index in [9.17, 15) is 14.7 Å². The molecule has 0 spiro atoms. The van der Waals surface area contributed by atoms with Crippen molar-refractivity contribution in [3.05, 3.63) is 58.5 Å². The van der Waals surface area contributed by atoms with E-state index in [1.807, 2.05) is 44.2 Å². The van der Waals surface area contributed by atoms with Crippen molar-refractivity contribution in [2.24, 2.45) is 11.7 Å². The number of furan rings is 1. The molecule has 1 saturated carbocycles. The molecule has 1 aliphatic carbocycles. The van der Waals surface area contributed by atoms with Crippen LogP contribution in [0.1, 0.15) is 82.7 Å². The lowest BCUT2D eigenvalue weighted by molar-refractivity contribution is 0.0705. The van der Waals surface area contributed by atoms with Gasteiger partial charge in [-0.1, -0.05) is 44.2 Å². The minimum Gasteiger partial charge on any atom is -0.454 e. The quantitative estimate of drug-likeness (QED) is 0.736. The fraction of sp³-hybridized carbons (Fsp3) is 0.455. The summed E-state index contributed by atoms with van der Waals surface area (Å²) in [6.45, 7) is 3.92. The van der Waals surface area contributed by atoms with E-state index in [4.69, 9.17) is 10.2 Å². The predicted octanol–water partition coefficient (Wildman–Crippen LogP) is 3.15. The number of aliphatic hydroxyl groups excluding tert-OH is 1. The van der Waals surface area contributed by atoms with Crippen LogP contribution >= 0.6 is 0 Å². The zero-order valence-corrected chi connectivity index (χ0v) is 16.6. The molecule has 6 nitrogen and oxygen atoms in total. The fourth-order valence-corrected chi connectivity index (χ4v) is 4.23. The molecule has 1 fully saturated rings. The highest BCUT2D eigenvalue weighted by Gasteiger charge is 2.37. The number of carbonyl (C=O) groups excluding carboxylic acids is 2. The summed E-state index contributed by atoms with van der Waals surface area (Å²) in [6, 6.07) is 9.67. The van der Waals surface area contributed by atoms with Crippen molar-refractivity contribution >= 4 is 11.8 Å². The largest absolute Gasteiger partial charge is 0.454 e. The molecular formula is C22H28N2O4. The highest BCUT2D eigenvalue weighted by molar-refractivity contribution is 6.01. The smallest absolute Gasteiger partial charge is 0.287 e. The Morgan fingerprint density at radius 1 is 1.25 bits per heavy atom. The molecule has 0 aliphatic heterocycles. The summed E-state index contributed by atoms with van der Waals surface area (Å²) in [4.78, 5) is 25.0. The molecule has 0 saturated heterocycles. The van der Waals surface area contributed by atoms with Gasteiger partial charge in [-0.15, -0.1) is 0 Å². The number of nitrogens with one attached hydrogen (secondary N) is 1. The molecule has 3 rings (SSSR count). The maximum atomic E-state index is 12.6. The first-order valence-electron chi connectivity index (χ1n) is 9.76. The molecule has 2 amide bonds. The average molecular weight is 384 g/mol. The van der Waals surface area contributed by atoms with E-state index in [1.54, 1.807) is 0 Å². The van der Waals surface area contributed by atoms with Gasteiger partial charge in [0, 0.05) is 18.5 Å². The highest BCUT2D eigenvalue weighted by Crippen LogP contribution is 2.43. The number of carbonyl (C=O) groups is 2. The normalized spacial score (nSPS) is 23.2. The molecule has 0 radical (unpaired) electrons. The summed E-state index contributed by atoms with van der Waals surface area (Å²) in [5.41, 5.74) is 7.64. The Morgan fingerprint density at radius 2 is 1.93 bits per heavy atom. The molecule has 1 aromatic heterocycles. The number of amides is 2. The van der Waals surface area contributed by atoms with Crippen LogP contribution in [0.2, 0.25) is 0 Å². The van der Waals surface area contributed by atoms with Gasteiger partial charge in [0.25, 0.3) is 11.8 Å². The number of hydrogen-bond donors (Lipinski definition) is 3. The molecule has 1 aliphatic rings. The molecule has 2 aromatic rings. The summed E-state index contributed by atoms with van der Waals surface area (Å²) in [5, 5.41) is 12.7. The van der Waals surface area contributed by atoms with Crippen LogP contribution in [0.5, 0.6) is 0 Å². The van der Waals surface area contributed by atoms with Gasteiger partial charge in [0.2, 0.25) is 0 Å². The number of nitrogens with two attached hydrogens (primary N) is 1. The Labute approximate surface area is 165 Å². The molecule has 1 aromatic carbocycles. The Bertz CT molecular complexity index is 859. The first kappa shape index (κ1) is 20.1. The molecule has 4 N–H and O–H groups in total. The zero-order chi connectivity index (χ0) is 20.4. The summed E-state index contributed by atoms with van der Waals surface area (Å²) < 4.78 is 6.02.